The first-order chi connectivity index (χ1) is 17.0. The summed E-state index contributed by atoms with van der Waals surface area (Å²) >= 11 is 5.83. The highest BCUT2D eigenvalue weighted by atomic mass is 32.1. The summed E-state index contributed by atoms with van der Waals surface area (Å²) < 4.78 is 13.3. The van der Waals surface area contributed by atoms with Gasteiger partial charge < -0.3 is 29.4 Å². The first-order valence-electron chi connectivity index (χ1n) is 11.4. The Bertz CT molecular complexity index is 1420. The van der Waals surface area contributed by atoms with Gasteiger partial charge in [-0.2, -0.15) is 0 Å². The summed E-state index contributed by atoms with van der Waals surface area (Å²) in [6, 6.07) is 21.0. The van der Waals surface area contributed by atoms with Crippen LogP contribution in [0.15, 0.2) is 72.9 Å². The molecule has 1 saturated heterocycles. The van der Waals surface area contributed by atoms with Gasteiger partial charge in [0.2, 0.25) is 6.79 Å². The second-order valence-corrected chi connectivity index (χ2v) is 9.10. The number of rotatable bonds is 4. The molecule has 0 unspecified atom stereocenters. The number of fused-ring (bicyclic) bond motifs is 1. The number of aromatic hydroxyl groups is 1. The summed E-state index contributed by atoms with van der Waals surface area (Å²) in [5.41, 5.74) is 6.15. The van der Waals surface area contributed by atoms with Gasteiger partial charge in [-0.1, -0.05) is 6.07 Å². The second kappa shape index (κ2) is 8.32. The summed E-state index contributed by atoms with van der Waals surface area (Å²) in [7, 11) is 0. The molecule has 35 heavy (non-hydrogen) atoms. The van der Waals surface area contributed by atoms with Crippen molar-refractivity contribution < 1.29 is 14.6 Å². The summed E-state index contributed by atoms with van der Waals surface area (Å²) in [5, 5.41) is 14.0. The van der Waals surface area contributed by atoms with Gasteiger partial charge in [-0.3, -0.25) is 4.98 Å². The van der Waals surface area contributed by atoms with Gasteiger partial charge in [-0.15, -0.1) is 0 Å². The van der Waals surface area contributed by atoms with Crippen molar-refractivity contribution in [2.45, 2.75) is 25.9 Å². The maximum absolute atomic E-state index is 9.86. The molecule has 0 amide bonds. The van der Waals surface area contributed by atoms with Crippen molar-refractivity contribution >= 4 is 23.0 Å². The van der Waals surface area contributed by atoms with Crippen LogP contribution in [0, 0.1) is 13.8 Å². The molecule has 1 fully saturated rings. The van der Waals surface area contributed by atoms with Gasteiger partial charge in [0.25, 0.3) is 0 Å². The van der Waals surface area contributed by atoms with Crippen molar-refractivity contribution in [3.63, 3.8) is 0 Å². The fourth-order valence-electron chi connectivity index (χ4n) is 5.07. The predicted molar refractivity (Wildman–Crippen MR) is 137 cm³/mol. The number of ether oxygens (including phenoxy) is 2. The number of thiocarbonyl (C=S) groups is 1. The average molecular weight is 485 g/mol. The number of anilines is 1. The average Bonchev–Trinajstić information content (AvgIpc) is 3.55. The van der Waals surface area contributed by atoms with Crippen molar-refractivity contribution in [3.8, 4) is 22.9 Å². The highest BCUT2D eigenvalue weighted by molar-refractivity contribution is 7.80. The molecule has 0 spiro atoms. The molecule has 0 saturated carbocycles. The Balaban J connectivity index is 1.50. The monoisotopic (exact) mass is 484 g/mol. The maximum Gasteiger partial charge on any atom is 0.231 e. The normalized spacial score (nSPS) is 18.7. The van der Waals surface area contributed by atoms with Crippen LogP contribution in [0.4, 0.5) is 5.69 Å². The quantitative estimate of drug-likeness (QED) is 0.391. The number of phenolic OH excluding ortho intramolecular Hbond substituents is 1. The first-order valence-corrected chi connectivity index (χ1v) is 11.8. The lowest BCUT2D eigenvalue weighted by Crippen LogP contribution is -2.29. The second-order valence-electron chi connectivity index (χ2n) is 8.71. The van der Waals surface area contributed by atoms with E-state index in [1.807, 2.05) is 48.5 Å². The van der Waals surface area contributed by atoms with Crippen molar-refractivity contribution in [1.82, 2.24) is 14.9 Å². The highest BCUT2D eigenvalue weighted by Crippen LogP contribution is 2.44. The Morgan fingerprint density at radius 1 is 0.971 bits per heavy atom. The zero-order chi connectivity index (χ0) is 24.1. The number of aromatic nitrogens is 2. The van der Waals surface area contributed by atoms with Crippen LogP contribution in [0.25, 0.3) is 5.69 Å². The van der Waals surface area contributed by atoms with Crippen LogP contribution in [-0.4, -0.2) is 26.6 Å². The molecule has 0 radical (unpaired) electrons. The van der Waals surface area contributed by atoms with Crippen molar-refractivity contribution in [3.05, 3.63) is 95.6 Å². The maximum atomic E-state index is 9.86. The Hall–Kier alpha value is -4.04. The third-order valence-corrected chi connectivity index (χ3v) is 6.94. The van der Waals surface area contributed by atoms with Crippen LogP contribution in [0.5, 0.6) is 17.2 Å². The van der Waals surface area contributed by atoms with E-state index >= 15 is 0 Å². The SMILES string of the molecule is Cc1cc([C@H]2[C@H](c3ccccn3)NC(=S)N2c2ccc(O)cc2)c(C)n1-c1ccc2c(c1)OCO2. The number of aryl methyl sites for hydroxylation is 1. The van der Waals surface area contributed by atoms with E-state index < -0.39 is 0 Å². The third-order valence-electron chi connectivity index (χ3n) is 6.63. The molecule has 4 heterocycles. The zero-order valence-corrected chi connectivity index (χ0v) is 20.1. The van der Waals surface area contributed by atoms with Gasteiger partial charge in [0.15, 0.2) is 16.6 Å². The van der Waals surface area contributed by atoms with Crippen LogP contribution in [-0.2, 0) is 0 Å². The Kier molecular flexibility index (Phi) is 5.11. The molecule has 7 nitrogen and oxygen atoms in total. The largest absolute Gasteiger partial charge is 0.508 e. The topological polar surface area (TPSA) is 71.8 Å². The zero-order valence-electron chi connectivity index (χ0n) is 19.3. The van der Waals surface area contributed by atoms with Gasteiger partial charge in [-0.25, -0.2) is 0 Å². The van der Waals surface area contributed by atoms with Crippen LogP contribution in [0.1, 0.15) is 34.7 Å². The van der Waals surface area contributed by atoms with Crippen LogP contribution < -0.4 is 19.7 Å². The number of benzene rings is 2. The molecule has 2 aliphatic heterocycles. The summed E-state index contributed by atoms with van der Waals surface area (Å²) in [6.45, 7) is 4.47. The first kappa shape index (κ1) is 21.5. The Morgan fingerprint density at radius 2 is 1.74 bits per heavy atom. The fraction of sp³-hybridized carbons (Fsp3) is 0.185. The van der Waals surface area contributed by atoms with Gasteiger partial charge in [-0.05, 0) is 86.2 Å². The molecule has 2 aliphatic rings. The third kappa shape index (κ3) is 3.57. The van der Waals surface area contributed by atoms with Crippen molar-refractivity contribution in [2.75, 3.05) is 11.7 Å². The summed E-state index contributed by atoms with van der Waals surface area (Å²) in [5.74, 6) is 1.72. The minimum atomic E-state index is -0.150. The number of phenols is 1. The molecule has 2 aromatic carbocycles. The van der Waals surface area contributed by atoms with Gasteiger partial charge >= 0.3 is 0 Å². The van der Waals surface area contributed by atoms with E-state index in [-0.39, 0.29) is 24.6 Å². The standard InChI is InChI=1S/C27H24N4O3S/c1-16-13-21(17(2)30(16)19-8-11-23-24(14-19)34-15-33-23)26-25(22-5-3-4-12-28-22)29-27(35)31(26)18-6-9-20(32)10-7-18/h3-14,25-26,32H,15H2,1-2H3,(H,29,35)/t25-,26-/m0/s1. The smallest absolute Gasteiger partial charge is 0.231 e. The number of pyridine rings is 1. The molecule has 8 heteroatoms. The van der Waals surface area contributed by atoms with Gasteiger partial charge in [0.05, 0.1) is 17.8 Å². The van der Waals surface area contributed by atoms with Crippen molar-refractivity contribution in [2.24, 2.45) is 0 Å². The minimum Gasteiger partial charge on any atom is -0.508 e. The predicted octanol–water partition coefficient (Wildman–Crippen LogP) is 5.10. The van der Waals surface area contributed by atoms with E-state index in [2.05, 4.69) is 39.7 Å². The minimum absolute atomic E-state index is 0.143. The summed E-state index contributed by atoms with van der Waals surface area (Å²) in [6.07, 6.45) is 1.80. The number of nitrogens with zero attached hydrogens (tertiary/aromatic N) is 3. The van der Waals surface area contributed by atoms with Gasteiger partial charge in [0.1, 0.15) is 5.75 Å². The molecule has 176 valence electrons. The molecule has 4 aromatic rings. The molecule has 0 aliphatic carbocycles. The van der Waals surface area contributed by atoms with E-state index in [4.69, 9.17) is 21.7 Å². The highest BCUT2D eigenvalue weighted by Gasteiger charge is 2.42. The lowest BCUT2D eigenvalue weighted by molar-refractivity contribution is 0.174. The molecule has 2 N–H and O–H groups in total. The van der Waals surface area contributed by atoms with E-state index in [0.717, 1.165) is 45.5 Å². The molecule has 0 bridgehead atoms. The molecule has 2 aromatic heterocycles. The Morgan fingerprint density at radius 3 is 2.51 bits per heavy atom. The molecular weight excluding hydrogens is 460 g/mol. The molecule has 2 atom stereocenters. The number of hydrogen-bond donors (Lipinski definition) is 2. The van der Waals surface area contributed by atoms with Crippen LogP contribution in [0.2, 0.25) is 0 Å². The van der Waals surface area contributed by atoms with E-state index in [0.29, 0.717) is 5.11 Å². The molecular formula is C27H24N4O3S. The van der Waals surface area contributed by atoms with E-state index in [1.54, 1.807) is 18.3 Å². The Labute approximate surface area is 208 Å². The number of hydrogen-bond acceptors (Lipinski definition) is 5. The lowest BCUT2D eigenvalue weighted by Gasteiger charge is -2.28. The van der Waals surface area contributed by atoms with Crippen LogP contribution >= 0.6 is 12.2 Å². The van der Waals surface area contributed by atoms with Crippen LogP contribution in [0.3, 0.4) is 0 Å². The lowest BCUT2D eigenvalue weighted by atomic mass is 9.96. The van der Waals surface area contributed by atoms with E-state index in [1.165, 1.54) is 0 Å². The van der Waals surface area contributed by atoms with Gasteiger partial charge in [0, 0.05) is 35.0 Å². The van der Waals surface area contributed by atoms with E-state index in [9.17, 15) is 5.11 Å². The number of nitrogens with one attached hydrogen (secondary N) is 1. The summed E-state index contributed by atoms with van der Waals surface area (Å²) in [4.78, 5) is 6.75. The molecule has 6 rings (SSSR count). The van der Waals surface area contributed by atoms with Crippen molar-refractivity contribution in [1.29, 1.82) is 0 Å². The fourth-order valence-corrected chi connectivity index (χ4v) is 5.42.